The van der Waals surface area contributed by atoms with Gasteiger partial charge in [-0.1, -0.05) is 24.3 Å². The molecule has 2 N–H and O–H groups in total. The van der Waals surface area contributed by atoms with Crippen LogP contribution in [0.2, 0.25) is 0 Å². The number of hydrogen-bond acceptors (Lipinski definition) is 6. The molecule has 28 heavy (non-hydrogen) atoms. The van der Waals surface area contributed by atoms with Crippen LogP contribution in [0, 0.1) is 11.6 Å². The zero-order valence-electron chi connectivity index (χ0n) is 15.5. The highest BCUT2D eigenvalue weighted by molar-refractivity contribution is 6.25. The summed E-state index contributed by atoms with van der Waals surface area (Å²) in [5.74, 6) is -1.08. The lowest BCUT2D eigenvalue weighted by atomic mass is 9.92. The van der Waals surface area contributed by atoms with Crippen LogP contribution in [0.15, 0.2) is 59.2 Å². The van der Waals surface area contributed by atoms with Crippen molar-refractivity contribution in [3.63, 3.8) is 0 Å². The summed E-state index contributed by atoms with van der Waals surface area (Å²) in [5.41, 5.74) is 7.24. The Morgan fingerprint density at radius 3 is 2.00 bits per heavy atom. The van der Waals surface area contributed by atoms with Crippen LogP contribution in [0.3, 0.4) is 0 Å². The number of esters is 1. The van der Waals surface area contributed by atoms with Gasteiger partial charge in [-0.05, 0) is 49.2 Å². The fourth-order valence-corrected chi connectivity index (χ4v) is 2.87. The zero-order valence-corrected chi connectivity index (χ0v) is 15.5. The predicted molar refractivity (Wildman–Crippen MR) is 102 cm³/mol. The quantitative estimate of drug-likeness (QED) is 0.590. The van der Waals surface area contributed by atoms with Gasteiger partial charge in [-0.3, -0.25) is 5.01 Å². The number of carbonyl (C=O) groups excluding carboxylic acids is 1. The van der Waals surface area contributed by atoms with Gasteiger partial charge >= 0.3 is 5.97 Å². The number of hydrazone groups is 1. The average molecular weight is 386 g/mol. The molecule has 0 saturated heterocycles. The van der Waals surface area contributed by atoms with Gasteiger partial charge in [-0.25, -0.2) is 19.1 Å². The van der Waals surface area contributed by atoms with Gasteiger partial charge in [0.25, 0.3) is 0 Å². The number of hydrazine groups is 2. The molecule has 3 rings (SSSR count). The van der Waals surface area contributed by atoms with E-state index in [1.54, 1.807) is 36.2 Å². The van der Waals surface area contributed by atoms with Crippen molar-refractivity contribution in [2.45, 2.75) is 13.8 Å². The number of rotatable bonds is 6. The standard InChI is InChI=1S/C20H20F2N4O2/c1-3-26-19(23-24-25-26)18(20(27)28-4-2)17(13-5-9-15(21)10-6-13)14-7-11-16(22)12-8-14/h5-12,24-25H,3-4H2,1-2H3. The van der Waals surface area contributed by atoms with Crippen LogP contribution in [0.5, 0.6) is 0 Å². The van der Waals surface area contributed by atoms with E-state index in [-0.39, 0.29) is 12.2 Å². The van der Waals surface area contributed by atoms with E-state index in [1.807, 2.05) is 6.92 Å². The van der Waals surface area contributed by atoms with Gasteiger partial charge in [-0.15, -0.1) is 10.6 Å². The maximum Gasteiger partial charge on any atom is 0.342 e. The molecule has 0 saturated carbocycles. The third kappa shape index (κ3) is 4.01. The second kappa shape index (κ2) is 8.62. The van der Waals surface area contributed by atoms with Crippen molar-refractivity contribution < 1.29 is 18.3 Å². The fraction of sp³-hybridized carbons (Fsp3) is 0.200. The number of likely N-dealkylation sites (N-methyl/N-ethyl adjacent to an activating group) is 1. The van der Waals surface area contributed by atoms with E-state index >= 15 is 0 Å². The fourth-order valence-electron chi connectivity index (χ4n) is 2.87. The second-order valence-corrected chi connectivity index (χ2v) is 5.89. The first-order valence-electron chi connectivity index (χ1n) is 8.84. The first-order valence-corrected chi connectivity index (χ1v) is 8.84. The molecule has 146 valence electrons. The Morgan fingerprint density at radius 1 is 1.00 bits per heavy atom. The molecule has 0 aromatic heterocycles. The van der Waals surface area contributed by atoms with E-state index in [2.05, 4.69) is 16.2 Å². The molecule has 0 amide bonds. The third-order valence-electron chi connectivity index (χ3n) is 4.14. The molecule has 2 aromatic rings. The average Bonchev–Trinajstić information content (AvgIpc) is 3.16. The van der Waals surface area contributed by atoms with Gasteiger partial charge in [0.1, 0.15) is 17.2 Å². The molecule has 0 radical (unpaired) electrons. The SMILES string of the molecule is CCOC(=O)C(C1=NNNN1CC)=C(c1ccc(F)cc1)c1ccc(F)cc1. The Bertz CT molecular complexity index is 861. The molecule has 0 fully saturated rings. The molecule has 0 bridgehead atoms. The van der Waals surface area contributed by atoms with Crippen LogP contribution in [-0.2, 0) is 9.53 Å². The molecule has 0 atom stereocenters. The van der Waals surface area contributed by atoms with Crippen molar-refractivity contribution in [2.24, 2.45) is 5.10 Å². The van der Waals surface area contributed by atoms with Crippen LogP contribution < -0.4 is 11.1 Å². The Hall–Kier alpha value is -3.26. The topological polar surface area (TPSA) is 66.0 Å². The van der Waals surface area contributed by atoms with Crippen LogP contribution in [0.4, 0.5) is 8.78 Å². The van der Waals surface area contributed by atoms with E-state index in [9.17, 15) is 13.6 Å². The number of halogens is 2. The smallest absolute Gasteiger partial charge is 0.342 e. The first-order chi connectivity index (χ1) is 13.5. The van der Waals surface area contributed by atoms with Gasteiger partial charge in [0.2, 0.25) is 0 Å². The first kappa shape index (κ1) is 19.5. The van der Waals surface area contributed by atoms with Crippen LogP contribution in [-0.4, -0.2) is 30.0 Å². The van der Waals surface area contributed by atoms with Gasteiger partial charge < -0.3 is 4.74 Å². The van der Waals surface area contributed by atoms with Gasteiger partial charge in [0, 0.05) is 12.1 Å². The van der Waals surface area contributed by atoms with Crippen molar-refractivity contribution in [1.82, 2.24) is 16.1 Å². The van der Waals surface area contributed by atoms with Crippen molar-refractivity contribution in [3.05, 3.63) is 76.9 Å². The number of nitrogens with one attached hydrogen (secondary N) is 2. The molecule has 2 aromatic carbocycles. The highest BCUT2D eigenvalue weighted by atomic mass is 19.1. The van der Waals surface area contributed by atoms with E-state index in [0.29, 0.717) is 29.1 Å². The maximum atomic E-state index is 13.5. The summed E-state index contributed by atoms with van der Waals surface area (Å²) in [5, 5.41) is 5.81. The van der Waals surface area contributed by atoms with E-state index in [0.717, 1.165) is 0 Å². The minimum Gasteiger partial charge on any atom is -0.462 e. The number of carbonyl (C=O) groups is 1. The summed E-state index contributed by atoms with van der Waals surface area (Å²) < 4.78 is 32.3. The lowest BCUT2D eigenvalue weighted by Gasteiger charge is -2.21. The minimum atomic E-state index is -0.589. The van der Waals surface area contributed by atoms with Crippen molar-refractivity contribution in [2.75, 3.05) is 13.2 Å². The molecule has 8 heteroatoms. The largest absolute Gasteiger partial charge is 0.462 e. The molecule has 0 aliphatic carbocycles. The highest BCUT2D eigenvalue weighted by Gasteiger charge is 2.30. The van der Waals surface area contributed by atoms with E-state index in [4.69, 9.17) is 4.74 Å². The number of nitrogens with zero attached hydrogens (tertiary/aromatic N) is 2. The van der Waals surface area contributed by atoms with Crippen LogP contribution in [0.25, 0.3) is 5.57 Å². The maximum absolute atomic E-state index is 13.5. The molecule has 1 aliphatic heterocycles. The summed E-state index contributed by atoms with van der Waals surface area (Å²) in [6, 6.07) is 11.4. The monoisotopic (exact) mass is 386 g/mol. The lowest BCUT2D eigenvalue weighted by Crippen LogP contribution is -2.42. The Balaban J connectivity index is 2.29. The Labute approximate surface area is 161 Å². The Kier molecular flexibility index (Phi) is 6.00. The summed E-state index contributed by atoms with van der Waals surface area (Å²) in [6.07, 6.45) is 0. The number of ether oxygens (including phenoxy) is 1. The molecule has 0 unspecified atom stereocenters. The second-order valence-electron chi connectivity index (χ2n) is 5.89. The van der Waals surface area contributed by atoms with E-state index < -0.39 is 17.6 Å². The normalized spacial score (nSPS) is 13.0. The Morgan fingerprint density at radius 2 is 1.54 bits per heavy atom. The van der Waals surface area contributed by atoms with Crippen molar-refractivity contribution in [3.8, 4) is 0 Å². The number of benzene rings is 2. The molecule has 1 heterocycles. The summed E-state index contributed by atoms with van der Waals surface area (Å²) >= 11 is 0. The summed E-state index contributed by atoms with van der Waals surface area (Å²) in [7, 11) is 0. The van der Waals surface area contributed by atoms with Crippen molar-refractivity contribution >= 4 is 17.4 Å². The minimum absolute atomic E-state index is 0.169. The zero-order chi connectivity index (χ0) is 20.1. The number of amidine groups is 1. The van der Waals surface area contributed by atoms with E-state index in [1.165, 1.54) is 24.3 Å². The number of hydrogen-bond donors (Lipinski definition) is 2. The van der Waals surface area contributed by atoms with Gasteiger partial charge in [-0.2, -0.15) is 0 Å². The molecule has 1 aliphatic rings. The van der Waals surface area contributed by atoms with Crippen LogP contribution in [0.1, 0.15) is 25.0 Å². The molecule has 0 spiro atoms. The molecular weight excluding hydrogens is 366 g/mol. The summed E-state index contributed by atoms with van der Waals surface area (Å²) in [6.45, 7) is 4.26. The lowest BCUT2D eigenvalue weighted by molar-refractivity contribution is -0.137. The molecule has 6 nitrogen and oxygen atoms in total. The van der Waals surface area contributed by atoms with Crippen LogP contribution >= 0.6 is 0 Å². The highest BCUT2D eigenvalue weighted by Crippen LogP contribution is 2.30. The van der Waals surface area contributed by atoms with Crippen molar-refractivity contribution in [1.29, 1.82) is 0 Å². The third-order valence-corrected chi connectivity index (χ3v) is 4.14. The van der Waals surface area contributed by atoms with Gasteiger partial charge in [0.05, 0.1) is 6.61 Å². The summed E-state index contributed by atoms with van der Waals surface area (Å²) in [4.78, 5) is 12.9. The predicted octanol–water partition coefficient (Wildman–Crippen LogP) is 2.99. The molecular formula is C20H20F2N4O2. The van der Waals surface area contributed by atoms with Gasteiger partial charge in [0.15, 0.2) is 5.84 Å².